The minimum Gasteiger partial charge on any atom is -0.463 e. The van der Waals surface area contributed by atoms with Crippen molar-refractivity contribution in [3.05, 3.63) is 96.0 Å². The third-order valence-electron chi connectivity index (χ3n) is 5.36. The van der Waals surface area contributed by atoms with Gasteiger partial charge in [0, 0.05) is 18.5 Å². The van der Waals surface area contributed by atoms with E-state index in [1.807, 2.05) is 30.3 Å². The summed E-state index contributed by atoms with van der Waals surface area (Å²) in [4.78, 5) is 25.3. The number of aromatic nitrogens is 2. The highest BCUT2D eigenvalue weighted by molar-refractivity contribution is 6.04. The predicted octanol–water partition coefficient (Wildman–Crippen LogP) is 3.84. The minimum absolute atomic E-state index is 0.104. The smallest absolute Gasteiger partial charge is 0.259 e. The Kier molecular flexibility index (Phi) is 5.45. The van der Waals surface area contributed by atoms with Gasteiger partial charge in [0.1, 0.15) is 17.3 Å². The van der Waals surface area contributed by atoms with Gasteiger partial charge in [0.05, 0.1) is 11.8 Å². The van der Waals surface area contributed by atoms with Crippen LogP contribution in [0.1, 0.15) is 34.7 Å². The maximum atomic E-state index is 14.1. The van der Waals surface area contributed by atoms with E-state index >= 15 is 0 Å². The first kappa shape index (κ1) is 20.7. The van der Waals surface area contributed by atoms with Crippen LogP contribution < -0.4 is 16.0 Å². The van der Waals surface area contributed by atoms with Crippen molar-refractivity contribution in [3.8, 4) is 11.5 Å². The van der Waals surface area contributed by atoms with Gasteiger partial charge >= 0.3 is 0 Å². The molecular formula is C24H20FN5O3. The Bertz CT molecular complexity index is 1290. The Balaban J connectivity index is 1.50. The number of amides is 2. The second-order valence-electron chi connectivity index (χ2n) is 7.57. The van der Waals surface area contributed by atoms with Crippen molar-refractivity contribution in [1.82, 2.24) is 20.4 Å². The molecule has 33 heavy (non-hydrogen) atoms. The predicted molar refractivity (Wildman–Crippen MR) is 118 cm³/mol. The molecule has 2 aromatic carbocycles. The summed E-state index contributed by atoms with van der Waals surface area (Å²) in [5.41, 5.74) is 1.29. The Hall–Kier alpha value is -4.24. The zero-order valence-electron chi connectivity index (χ0n) is 17.4. The second-order valence-corrected chi connectivity index (χ2v) is 7.57. The Labute approximate surface area is 188 Å². The van der Waals surface area contributed by atoms with Gasteiger partial charge < -0.3 is 15.1 Å². The van der Waals surface area contributed by atoms with E-state index in [2.05, 4.69) is 21.0 Å². The highest BCUT2D eigenvalue weighted by Crippen LogP contribution is 2.28. The van der Waals surface area contributed by atoms with Crippen LogP contribution in [-0.4, -0.2) is 21.6 Å². The third-order valence-corrected chi connectivity index (χ3v) is 5.36. The number of carbonyl (C=O) groups excluding carboxylic acids is 2. The van der Waals surface area contributed by atoms with Crippen LogP contribution in [0.2, 0.25) is 0 Å². The number of hydrogen-bond donors (Lipinski definition) is 3. The number of carbonyl (C=O) groups is 2. The molecule has 0 bridgehead atoms. The molecule has 1 fully saturated rings. The van der Waals surface area contributed by atoms with Gasteiger partial charge in [-0.15, -0.1) is 0 Å². The van der Waals surface area contributed by atoms with Crippen LogP contribution in [0.25, 0.3) is 11.5 Å². The lowest BCUT2D eigenvalue weighted by molar-refractivity contribution is -0.125. The first-order chi connectivity index (χ1) is 16.1. The molecule has 166 valence electrons. The maximum absolute atomic E-state index is 14.1. The lowest BCUT2D eigenvalue weighted by Crippen LogP contribution is -2.50. The molecule has 9 heteroatoms. The van der Waals surface area contributed by atoms with Crippen molar-refractivity contribution < 1.29 is 18.4 Å². The summed E-state index contributed by atoms with van der Waals surface area (Å²) in [5, 5.41) is 13.5. The summed E-state index contributed by atoms with van der Waals surface area (Å²) < 4.78 is 21.0. The molecule has 0 saturated carbocycles. The summed E-state index contributed by atoms with van der Waals surface area (Å²) in [6.45, 7) is 0. The molecule has 2 unspecified atom stereocenters. The zero-order valence-corrected chi connectivity index (χ0v) is 17.4. The maximum Gasteiger partial charge on any atom is 0.259 e. The van der Waals surface area contributed by atoms with Gasteiger partial charge in [0.2, 0.25) is 5.91 Å². The van der Waals surface area contributed by atoms with E-state index in [-0.39, 0.29) is 29.8 Å². The van der Waals surface area contributed by atoms with Crippen molar-refractivity contribution in [1.29, 1.82) is 0 Å². The Morgan fingerprint density at radius 1 is 1.09 bits per heavy atom. The van der Waals surface area contributed by atoms with Crippen molar-refractivity contribution in [2.24, 2.45) is 0 Å². The number of halogens is 1. The van der Waals surface area contributed by atoms with Crippen LogP contribution in [0, 0.1) is 5.82 Å². The monoisotopic (exact) mass is 445 g/mol. The molecule has 0 radical (unpaired) electrons. The molecule has 2 atom stereocenters. The molecule has 0 aliphatic carbocycles. The molecule has 2 amide bonds. The molecule has 5 rings (SSSR count). The molecule has 8 nitrogen and oxygen atoms in total. The summed E-state index contributed by atoms with van der Waals surface area (Å²) >= 11 is 0. The van der Waals surface area contributed by atoms with E-state index in [4.69, 9.17) is 4.42 Å². The van der Waals surface area contributed by atoms with E-state index in [1.54, 1.807) is 24.3 Å². The molecule has 1 saturated heterocycles. The van der Waals surface area contributed by atoms with E-state index < -0.39 is 18.0 Å². The summed E-state index contributed by atoms with van der Waals surface area (Å²) in [7, 11) is 0. The fourth-order valence-electron chi connectivity index (χ4n) is 3.78. The quantitative estimate of drug-likeness (QED) is 0.433. The fraction of sp³-hybridized carbons (Fsp3) is 0.125. The number of benzene rings is 2. The topological polar surface area (TPSA) is 101 Å². The van der Waals surface area contributed by atoms with Crippen LogP contribution in [0.4, 0.5) is 10.2 Å². The van der Waals surface area contributed by atoms with Gasteiger partial charge in [0.25, 0.3) is 5.91 Å². The van der Waals surface area contributed by atoms with E-state index in [0.29, 0.717) is 11.5 Å². The van der Waals surface area contributed by atoms with Gasteiger partial charge in [-0.05, 0) is 29.8 Å². The van der Waals surface area contributed by atoms with Crippen LogP contribution in [0.5, 0.6) is 0 Å². The average Bonchev–Trinajstić information content (AvgIpc) is 3.50. The van der Waals surface area contributed by atoms with Gasteiger partial charge in [-0.25, -0.2) is 9.07 Å². The van der Waals surface area contributed by atoms with Crippen molar-refractivity contribution in [3.63, 3.8) is 0 Å². The standard InChI is InChI=1S/C24H20FN5O3/c25-17-10-5-4-9-16(17)23(32)27-21-13-19(20-11-6-12-33-20)29-30(21)24-26-18(14-22(31)28-24)15-7-2-1-3-8-15/h1-13,18,24,26H,14H2,(H,27,32)(H,28,31). The van der Waals surface area contributed by atoms with Crippen LogP contribution >= 0.6 is 0 Å². The largest absolute Gasteiger partial charge is 0.463 e. The lowest BCUT2D eigenvalue weighted by Gasteiger charge is -2.32. The van der Waals surface area contributed by atoms with Crippen molar-refractivity contribution in [2.45, 2.75) is 18.8 Å². The number of anilines is 1. The normalized spacial score (nSPS) is 18.0. The SMILES string of the molecule is O=C1CC(c2ccccc2)NC(n2nc(-c3ccco3)cc2NC(=O)c2ccccc2F)N1. The van der Waals surface area contributed by atoms with E-state index in [1.165, 1.54) is 29.1 Å². The van der Waals surface area contributed by atoms with Crippen LogP contribution in [0.3, 0.4) is 0 Å². The van der Waals surface area contributed by atoms with E-state index in [0.717, 1.165) is 5.56 Å². The molecule has 2 aromatic heterocycles. The fourth-order valence-corrected chi connectivity index (χ4v) is 3.78. The number of hydrogen-bond acceptors (Lipinski definition) is 5. The summed E-state index contributed by atoms with van der Waals surface area (Å²) in [6, 6.07) is 20.1. The first-order valence-corrected chi connectivity index (χ1v) is 10.4. The molecule has 1 aliphatic rings. The van der Waals surface area contributed by atoms with E-state index in [9.17, 15) is 14.0 Å². The first-order valence-electron chi connectivity index (χ1n) is 10.4. The van der Waals surface area contributed by atoms with Crippen molar-refractivity contribution in [2.75, 3.05) is 5.32 Å². The minimum atomic E-state index is -0.754. The second kappa shape index (κ2) is 8.71. The number of furan rings is 1. The number of rotatable bonds is 5. The molecule has 0 spiro atoms. The average molecular weight is 445 g/mol. The van der Waals surface area contributed by atoms with Gasteiger partial charge in [-0.2, -0.15) is 5.10 Å². The molecule has 3 N–H and O–H groups in total. The van der Waals surface area contributed by atoms with Gasteiger partial charge in [-0.3, -0.25) is 14.9 Å². The Morgan fingerprint density at radius 2 is 1.88 bits per heavy atom. The molecular weight excluding hydrogens is 425 g/mol. The highest BCUT2D eigenvalue weighted by Gasteiger charge is 2.30. The van der Waals surface area contributed by atoms with Gasteiger partial charge in [-0.1, -0.05) is 42.5 Å². The molecule has 4 aromatic rings. The van der Waals surface area contributed by atoms with Crippen molar-refractivity contribution >= 4 is 17.6 Å². The van der Waals surface area contributed by atoms with Gasteiger partial charge in [0.15, 0.2) is 12.0 Å². The van der Waals surface area contributed by atoms with Crippen LogP contribution in [0.15, 0.2) is 83.5 Å². The molecule has 3 heterocycles. The Morgan fingerprint density at radius 3 is 2.64 bits per heavy atom. The third kappa shape index (κ3) is 4.26. The zero-order chi connectivity index (χ0) is 22.8. The summed E-state index contributed by atoms with van der Waals surface area (Å²) in [6.07, 6.45) is 1.01. The summed E-state index contributed by atoms with van der Waals surface area (Å²) in [5.74, 6) is -0.699. The molecule has 1 aliphatic heterocycles. The highest BCUT2D eigenvalue weighted by atomic mass is 19.1. The number of nitrogens with zero attached hydrogens (tertiary/aromatic N) is 2. The van der Waals surface area contributed by atoms with Crippen LogP contribution in [-0.2, 0) is 4.79 Å². The lowest BCUT2D eigenvalue weighted by atomic mass is 10.0. The number of nitrogens with one attached hydrogen (secondary N) is 3.